The molecule has 1 fully saturated rings. The highest BCUT2D eigenvalue weighted by Gasteiger charge is 2.29. The lowest BCUT2D eigenvalue weighted by Crippen LogP contribution is -2.53. The van der Waals surface area contributed by atoms with Gasteiger partial charge in [-0.15, -0.1) is 0 Å². The third-order valence-corrected chi connectivity index (χ3v) is 7.08. The highest BCUT2D eigenvalue weighted by atomic mass is 32.2. The largest absolute Gasteiger partial charge is 0.354 e. The molecule has 2 amide bonds. The number of carbonyl (C=O) groups excluding carboxylic acids is 2. The molecule has 0 unspecified atom stereocenters. The van der Waals surface area contributed by atoms with E-state index in [1.807, 2.05) is 51.6 Å². The van der Waals surface area contributed by atoms with Gasteiger partial charge >= 0.3 is 0 Å². The summed E-state index contributed by atoms with van der Waals surface area (Å²) in [5.41, 5.74) is 0. The van der Waals surface area contributed by atoms with Gasteiger partial charge in [-0.25, -0.2) is 8.42 Å². The zero-order valence-corrected chi connectivity index (χ0v) is 19.0. The molecular weight excluding hydrogens is 382 g/mol. The molecule has 1 heterocycles. The Balaban J connectivity index is 2.40. The molecule has 0 aromatic rings. The van der Waals surface area contributed by atoms with Gasteiger partial charge in [0.05, 0.1) is 18.8 Å². The van der Waals surface area contributed by atoms with E-state index in [-0.39, 0.29) is 42.7 Å². The first-order valence-electron chi connectivity index (χ1n) is 9.86. The van der Waals surface area contributed by atoms with Crippen molar-refractivity contribution in [1.29, 1.82) is 0 Å². The van der Waals surface area contributed by atoms with E-state index in [0.717, 1.165) is 0 Å². The minimum absolute atomic E-state index is 0.0229. The first kappa shape index (κ1) is 24.8. The smallest absolute Gasteiger partial charge is 0.236 e. The van der Waals surface area contributed by atoms with Gasteiger partial charge in [0.2, 0.25) is 21.8 Å². The quantitative estimate of drug-likeness (QED) is 0.501. The van der Waals surface area contributed by atoms with Gasteiger partial charge in [0.1, 0.15) is 0 Å². The molecule has 0 aromatic carbocycles. The van der Waals surface area contributed by atoms with Gasteiger partial charge in [-0.3, -0.25) is 19.4 Å². The Bertz CT molecular complexity index is 615. The summed E-state index contributed by atoms with van der Waals surface area (Å²) in [5.74, 6) is -0.292. The fourth-order valence-corrected chi connectivity index (χ4v) is 3.96. The molecule has 0 atom stereocenters. The number of rotatable bonds is 10. The van der Waals surface area contributed by atoms with Crippen LogP contribution in [0.1, 0.15) is 27.7 Å². The van der Waals surface area contributed by atoms with Crippen molar-refractivity contribution in [1.82, 2.24) is 24.3 Å². The van der Waals surface area contributed by atoms with Gasteiger partial charge < -0.3 is 10.2 Å². The summed E-state index contributed by atoms with van der Waals surface area (Å²) in [6.45, 7) is 10.1. The maximum Gasteiger partial charge on any atom is 0.236 e. The fourth-order valence-electron chi connectivity index (χ4n) is 2.63. The average Bonchev–Trinajstić information content (AvgIpc) is 2.61. The Morgan fingerprint density at radius 2 is 1.43 bits per heavy atom. The number of sulfonamides is 1. The normalized spacial score (nSPS) is 16.4. The number of amides is 2. The molecule has 9 nitrogen and oxygen atoms in total. The summed E-state index contributed by atoms with van der Waals surface area (Å²) >= 11 is 0. The van der Waals surface area contributed by atoms with Gasteiger partial charge in [-0.05, 0) is 41.8 Å². The Hall–Kier alpha value is -1.23. The van der Waals surface area contributed by atoms with Crippen molar-refractivity contribution in [2.45, 2.75) is 39.8 Å². The molecule has 1 N–H and O–H groups in total. The van der Waals surface area contributed by atoms with E-state index in [1.54, 1.807) is 4.90 Å². The molecule has 0 saturated carbocycles. The SMILES string of the molecule is CC(C)N(C)CC(=O)NCCS(=O)(=O)N1CCN(C(=O)CN(C)C(C)C)CC1. The molecule has 0 aromatic heterocycles. The van der Waals surface area contributed by atoms with Gasteiger partial charge in [-0.1, -0.05) is 0 Å². The molecule has 1 aliphatic rings. The molecule has 0 aliphatic carbocycles. The Labute approximate surface area is 170 Å². The summed E-state index contributed by atoms with van der Waals surface area (Å²) in [5, 5.41) is 2.67. The number of likely N-dealkylation sites (N-methyl/N-ethyl adjacent to an activating group) is 2. The van der Waals surface area contributed by atoms with Crippen LogP contribution >= 0.6 is 0 Å². The van der Waals surface area contributed by atoms with E-state index in [0.29, 0.717) is 32.7 Å². The Morgan fingerprint density at radius 3 is 1.93 bits per heavy atom. The molecular formula is C18H37N5O4S. The summed E-state index contributed by atoms with van der Waals surface area (Å²) < 4.78 is 26.4. The predicted molar refractivity (Wildman–Crippen MR) is 110 cm³/mol. The fraction of sp³-hybridized carbons (Fsp3) is 0.889. The van der Waals surface area contributed by atoms with Crippen LogP contribution < -0.4 is 5.32 Å². The zero-order chi connectivity index (χ0) is 21.5. The Kier molecular flexibility index (Phi) is 9.82. The number of piperazine rings is 1. The van der Waals surface area contributed by atoms with E-state index < -0.39 is 10.0 Å². The minimum Gasteiger partial charge on any atom is -0.354 e. The van der Waals surface area contributed by atoms with Crippen LogP contribution in [0.5, 0.6) is 0 Å². The minimum atomic E-state index is -3.45. The number of hydrogen-bond donors (Lipinski definition) is 1. The summed E-state index contributed by atoms with van der Waals surface area (Å²) in [6, 6.07) is 0.523. The topological polar surface area (TPSA) is 93.3 Å². The van der Waals surface area contributed by atoms with Crippen molar-refractivity contribution in [2.75, 3.05) is 65.7 Å². The van der Waals surface area contributed by atoms with Crippen molar-refractivity contribution >= 4 is 21.8 Å². The number of nitrogens with one attached hydrogen (secondary N) is 1. The van der Waals surface area contributed by atoms with E-state index >= 15 is 0 Å². The maximum absolute atomic E-state index is 12.5. The first-order chi connectivity index (χ1) is 12.9. The molecule has 0 radical (unpaired) electrons. The number of carbonyl (C=O) groups is 2. The van der Waals surface area contributed by atoms with Crippen molar-refractivity contribution in [3.8, 4) is 0 Å². The van der Waals surface area contributed by atoms with Gasteiger partial charge in [0.25, 0.3) is 0 Å². The predicted octanol–water partition coefficient (Wildman–Crippen LogP) is -0.743. The first-order valence-corrected chi connectivity index (χ1v) is 11.5. The summed E-state index contributed by atoms with van der Waals surface area (Å²) in [4.78, 5) is 29.7. The molecule has 1 aliphatic heterocycles. The third-order valence-electron chi connectivity index (χ3n) is 5.21. The lowest BCUT2D eigenvalue weighted by molar-refractivity contribution is -0.133. The van der Waals surface area contributed by atoms with Crippen LogP contribution in [-0.2, 0) is 19.6 Å². The monoisotopic (exact) mass is 419 g/mol. The van der Waals surface area contributed by atoms with Crippen LogP contribution in [0.15, 0.2) is 0 Å². The van der Waals surface area contributed by atoms with Crippen LogP contribution in [0.2, 0.25) is 0 Å². The van der Waals surface area contributed by atoms with E-state index in [4.69, 9.17) is 0 Å². The zero-order valence-electron chi connectivity index (χ0n) is 18.1. The van der Waals surface area contributed by atoms with Gasteiger partial charge in [0, 0.05) is 44.8 Å². The lowest BCUT2D eigenvalue weighted by Gasteiger charge is -2.35. The van der Waals surface area contributed by atoms with Gasteiger partial charge in [0.15, 0.2) is 0 Å². The second-order valence-electron chi connectivity index (χ2n) is 7.96. The number of nitrogens with zero attached hydrogens (tertiary/aromatic N) is 4. The molecule has 0 spiro atoms. The second kappa shape index (κ2) is 11.1. The average molecular weight is 420 g/mol. The third kappa shape index (κ3) is 8.02. The molecule has 164 valence electrons. The van der Waals surface area contributed by atoms with Crippen molar-refractivity contribution in [2.24, 2.45) is 0 Å². The molecule has 1 saturated heterocycles. The van der Waals surface area contributed by atoms with Crippen LogP contribution in [0.3, 0.4) is 0 Å². The highest BCUT2D eigenvalue weighted by Crippen LogP contribution is 2.09. The molecule has 0 bridgehead atoms. The molecule has 10 heteroatoms. The van der Waals surface area contributed by atoms with Crippen LogP contribution in [0.25, 0.3) is 0 Å². The van der Waals surface area contributed by atoms with Crippen molar-refractivity contribution in [3.05, 3.63) is 0 Å². The van der Waals surface area contributed by atoms with E-state index in [9.17, 15) is 18.0 Å². The van der Waals surface area contributed by atoms with Crippen molar-refractivity contribution in [3.63, 3.8) is 0 Å². The van der Waals surface area contributed by atoms with Crippen LogP contribution in [0.4, 0.5) is 0 Å². The highest BCUT2D eigenvalue weighted by molar-refractivity contribution is 7.89. The van der Waals surface area contributed by atoms with Crippen LogP contribution in [-0.4, -0.2) is 117 Å². The number of hydrogen-bond acceptors (Lipinski definition) is 6. The van der Waals surface area contributed by atoms with Gasteiger partial charge in [-0.2, -0.15) is 4.31 Å². The van der Waals surface area contributed by atoms with Crippen LogP contribution in [0, 0.1) is 0 Å². The second-order valence-corrected chi connectivity index (χ2v) is 10.1. The Morgan fingerprint density at radius 1 is 0.929 bits per heavy atom. The molecule has 1 rings (SSSR count). The summed E-state index contributed by atoms with van der Waals surface area (Å²) in [6.07, 6.45) is 0. The van der Waals surface area contributed by atoms with Crippen molar-refractivity contribution < 1.29 is 18.0 Å². The standard InChI is InChI=1S/C18H37N5O4S/c1-15(2)20(5)13-17(24)19-7-12-28(26,27)23-10-8-22(9-11-23)18(25)14-21(6)16(3)4/h15-16H,7-14H2,1-6H3,(H,19,24). The van der Waals surface area contributed by atoms with E-state index in [1.165, 1.54) is 4.31 Å². The molecule has 28 heavy (non-hydrogen) atoms. The lowest BCUT2D eigenvalue weighted by atomic mass is 10.3. The summed E-state index contributed by atoms with van der Waals surface area (Å²) in [7, 11) is 0.294. The van der Waals surface area contributed by atoms with E-state index in [2.05, 4.69) is 5.32 Å². The maximum atomic E-state index is 12.5.